The van der Waals surface area contributed by atoms with Crippen LogP contribution in [0.3, 0.4) is 0 Å². The van der Waals surface area contributed by atoms with E-state index in [1.165, 1.54) is 16.2 Å². The highest BCUT2D eigenvalue weighted by molar-refractivity contribution is 7.14. The molecule has 0 bridgehead atoms. The molecule has 0 spiro atoms. The fourth-order valence-corrected chi connectivity index (χ4v) is 3.54. The van der Waals surface area contributed by atoms with E-state index < -0.39 is 0 Å². The fourth-order valence-electron chi connectivity index (χ4n) is 2.61. The average Bonchev–Trinajstić information content (AvgIpc) is 3.04. The molecule has 3 heterocycles. The lowest BCUT2D eigenvalue weighted by atomic mass is 9.98. The van der Waals surface area contributed by atoms with Gasteiger partial charge >= 0.3 is 0 Å². The molecule has 0 radical (unpaired) electrons. The second kappa shape index (κ2) is 6.18. The van der Waals surface area contributed by atoms with Gasteiger partial charge in [0.05, 0.1) is 4.88 Å². The van der Waals surface area contributed by atoms with Crippen LogP contribution in [0, 0.1) is 13.8 Å². The zero-order valence-corrected chi connectivity index (χ0v) is 14.0. The van der Waals surface area contributed by atoms with Gasteiger partial charge in [-0.05, 0) is 51.4 Å². The number of carbonyl (C=O) groups excluding carboxylic acids is 1. The Balaban J connectivity index is 1.74. The summed E-state index contributed by atoms with van der Waals surface area (Å²) in [5.74, 6) is 1.61. The van der Waals surface area contributed by atoms with Gasteiger partial charge in [0, 0.05) is 17.8 Å². The van der Waals surface area contributed by atoms with Crippen LogP contribution < -0.4 is 10.6 Å². The highest BCUT2D eigenvalue weighted by atomic mass is 32.1. The molecule has 0 saturated carbocycles. The van der Waals surface area contributed by atoms with Crippen molar-refractivity contribution in [1.29, 1.82) is 0 Å². The zero-order chi connectivity index (χ0) is 15.7. The van der Waals surface area contributed by atoms with Crippen LogP contribution in [0.1, 0.15) is 44.7 Å². The Morgan fingerprint density at radius 3 is 2.77 bits per heavy atom. The summed E-state index contributed by atoms with van der Waals surface area (Å²) in [5.41, 5.74) is 1.14. The van der Waals surface area contributed by atoms with Crippen molar-refractivity contribution in [2.24, 2.45) is 7.05 Å². The zero-order valence-electron chi connectivity index (χ0n) is 13.1. The molecule has 7 heteroatoms. The SMILES string of the molecule is Cc1cc(C(=O)Nc2nc(C3CCNCC3)nn2C)sc1C. The first-order valence-electron chi connectivity index (χ1n) is 7.54. The van der Waals surface area contributed by atoms with Crippen LogP contribution in [0.4, 0.5) is 5.95 Å². The summed E-state index contributed by atoms with van der Waals surface area (Å²) in [6.45, 7) is 6.03. The van der Waals surface area contributed by atoms with Gasteiger partial charge in [0.15, 0.2) is 5.82 Å². The van der Waals surface area contributed by atoms with Crippen molar-refractivity contribution in [2.45, 2.75) is 32.6 Å². The van der Waals surface area contributed by atoms with Crippen LogP contribution in [-0.2, 0) is 7.05 Å². The molecule has 1 saturated heterocycles. The van der Waals surface area contributed by atoms with Crippen LogP contribution in [0.25, 0.3) is 0 Å². The topological polar surface area (TPSA) is 71.8 Å². The number of anilines is 1. The number of nitrogens with one attached hydrogen (secondary N) is 2. The Morgan fingerprint density at radius 2 is 2.14 bits per heavy atom. The fraction of sp³-hybridized carbons (Fsp3) is 0.533. The van der Waals surface area contributed by atoms with Gasteiger partial charge in [0.1, 0.15) is 0 Å². The monoisotopic (exact) mass is 319 g/mol. The minimum atomic E-state index is -0.117. The molecule has 2 N–H and O–H groups in total. The van der Waals surface area contributed by atoms with Crippen molar-refractivity contribution in [1.82, 2.24) is 20.1 Å². The highest BCUT2D eigenvalue weighted by Gasteiger charge is 2.21. The Hall–Kier alpha value is -1.73. The van der Waals surface area contributed by atoms with Gasteiger partial charge in [0.2, 0.25) is 5.95 Å². The van der Waals surface area contributed by atoms with Crippen molar-refractivity contribution in [3.63, 3.8) is 0 Å². The highest BCUT2D eigenvalue weighted by Crippen LogP contribution is 2.24. The van der Waals surface area contributed by atoms with Crippen LogP contribution in [0.15, 0.2) is 6.07 Å². The van der Waals surface area contributed by atoms with E-state index in [1.54, 1.807) is 4.68 Å². The minimum Gasteiger partial charge on any atom is -0.317 e. The molecule has 1 amide bonds. The lowest BCUT2D eigenvalue weighted by Crippen LogP contribution is -2.27. The van der Waals surface area contributed by atoms with E-state index in [4.69, 9.17) is 0 Å². The molecule has 22 heavy (non-hydrogen) atoms. The maximum absolute atomic E-state index is 12.3. The third kappa shape index (κ3) is 3.05. The molecule has 0 aliphatic carbocycles. The lowest BCUT2D eigenvalue weighted by Gasteiger charge is -2.19. The maximum atomic E-state index is 12.3. The van der Waals surface area contributed by atoms with E-state index in [2.05, 4.69) is 20.7 Å². The number of amides is 1. The Bertz CT molecular complexity index is 665. The van der Waals surface area contributed by atoms with Gasteiger partial charge in [-0.25, -0.2) is 4.68 Å². The summed E-state index contributed by atoms with van der Waals surface area (Å²) in [4.78, 5) is 18.7. The molecule has 1 fully saturated rings. The van der Waals surface area contributed by atoms with Crippen LogP contribution in [-0.4, -0.2) is 33.8 Å². The van der Waals surface area contributed by atoms with Gasteiger partial charge in [0.25, 0.3) is 5.91 Å². The molecular weight excluding hydrogens is 298 g/mol. The Morgan fingerprint density at radius 1 is 1.41 bits per heavy atom. The van der Waals surface area contributed by atoms with E-state index >= 15 is 0 Å². The predicted octanol–water partition coefficient (Wildman–Crippen LogP) is 2.21. The van der Waals surface area contributed by atoms with Crippen LogP contribution in [0.2, 0.25) is 0 Å². The summed E-state index contributed by atoms with van der Waals surface area (Å²) in [7, 11) is 1.82. The van der Waals surface area contributed by atoms with E-state index in [9.17, 15) is 4.79 Å². The summed E-state index contributed by atoms with van der Waals surface area (Å²) in [6, 6.07) is 1.92. The number of thiophene rings is 1. The summed E-state index contributed by atoms with van der Waals surface area (Å²) < 4.78 is 1.66. The molecule has 0 aromatic carbocycles. The van der Waals surface area contributed by atoms with Gasteiger partial charge < -0.3 is 5.32 Å². The first-order chi connectivity index (χ1) is 10.5. The number of hydrogen-bond donors (Lipinski definition) is 2. The standard InChI is InChI=1S/C15H21N5OS/c1-9-8-12(22-10(9)2)14(21)18-15-17-13(19-20(15)3)11-4-6-16-7-5-11/h8,11,16H,4-7H2,1-3H3,(H,17,18,19,21). The summed E-state index contributed by atoms with van der Waals surface area (Å²) in [5, 5.41) is 10.7. The smallest absolute Gasteiger partial charge is 0.268 e. The molecule has 118 valence electrons. The normalized spacial score (nSPS) is 16.0. The van der Waals surface area contributed by atoms with Crippen molar-refractivity contribution < 1.29 is 4.79 Å². The quantitative estimate of drug-likeness (QED) is 0.910. The Kier molecular flexibility index (Phi) is 4.26. The van der Waals surface area contributed by atoms with E-state index in [-0.39, 0.29) is 5.91 Å². The molecule has 0 unspecified atom stereocenters. The molecule has 2 aromatic heterocycles. The maximum Gasteiger partial charge on any atom is 0.268 e. The third-order valence-corrected chi connectivity index (χ3v) is 5.25. The van der Waals surface area contributed by atoms with Crippen LogP contribution in [0.5, 0.6) is 0 Å². The van der Waals surface area contributed by atoms with Crippen molar-refractivity contribution in [3.05, 3.63) is 27.2 Å². The van der Waals surface area contributed by atoms with E-state index in [1.807, 2.05) is 27.0 Å². The second-order valence-electron chi connectivity index (χ2n) is 5.75. The average molecular weight is 319 g/mol. The van der Waals surface area contributed by atoms with Gasteiger partial charge in [-0.1, -0.05) is 0 Å². The first kappa shape index (κ1) is 15.2. The third-order valence-electron chi connectivity index (χ3n) is 4.10. The number of piperidine rings is 1. The van der Waals surface area contributed by atoms with Crippen molar-refractivity contribution in [2.75, 3.05) is 18.4 Å². The molecule has 1 aliphatic heterocycles. The predicted molar refractivity (Wildman–Crippen MR) is 87.6 cm³/mol. The van der Waals surface area contributed by atoms with E-state index in [0.717, 1.165) is 37.3 Å². The van der Waals surface area contributed by atoms with Gasteiger partial charge in [-0.15, -0.1) is 11.3 Å². The first-order valence-corrected chi connectivity index (χ1v) is 8.36. The lowest BCUT2D eigenvalue weighted by molar-refractivity contribution is 0.102. The number of aromatic nitrogens is 3. The largest absolute Gasteiger partial charge is 0.317 e. The van der Waals surface area contributed by atoms with E-state index in [0.29, 0.717) is 16.7 Å². The number of rotatable bonds is 3. The Labute approximate surface area is 133 Å². The van der Waals surface area contributed by atoms with Gasteiger partial charge in [-0.3, -0.25) is 10.1 Å². The number of carbonyl (C=O) groups is 1. The second-order valence-corrected chi connectivity index (χ2v) is 7.00. The number of aryl methyl sites for hydroxylation is 3. The minimum absolute atomic E-state index is 0.117. The molecule has 2 aromatic rings. The van der Waals surface area contributed by atoms with Crippen molar-refractivity contribution in [3.8, 4) is 0 Å². The number of hydrogen-bond acceptors (Lipinski definition) is 5. The molecule has 3 rings (SSSR count). The summed E-state index contributed by atoms with van der Waals surface area (Å²) in [6.07, 6.45) is 2.08. The molecule has 1 aliphatic rings. The van der Waals surface area contributed by atoms with Crippen LogP contribution >= 0.6 is 11.3 Å². The van der Waals surface area contributed by atoms with Crippen molar-refractivity contribution >= 4 is 23.2 Å². The van der Waals surface area contributed by atoms with Gasteiger partial charge in [-0.2, -0.15) is 10.1 Å². The number of nitrogens with zero attached hydrogens (tertiary/aromatic N) is 3. The molecule has 6 nitrogen and oxygen atoms in total. The molecule has 0 atom stereocenters. The molecular formula is C15H21N5OS. The summed E-state index contributed by atoms with van der Waals surface area (Å²) >= 11 is 1.50.